The highest BCUT2D eigenvalue weighted by molar-refractivity contribution is 5.37. The van der Waals surface area contributed by atoms with Crippen LogP contribution in [0.5, 0.6) is 0 Å². The van der Waals surface area contributed by atoms with Gasteiger partial charge in [0.15, 0.2) is 5.82 Å². The number of hydrogen-bond acceptors (Lipinski definition) is 5. The lowest BCUT2D eigenvalue weighted by Gasteiger charge is -2.45. The van der Waals surface area contributed by atoms with Gasteiger partial charge in [-0.15, -0.1) is 0 Å². The maximum Gasteiger partial charge on any atom is 0.227 e. The summed E-state index contributed by atoms with van der Waals surface area (Å²) in [6, 6.07) is 6.59. The van der Waals surface area contributed by atoms with Crippen LogP contribution in [0, 0.1) is 36.5 Å². The van der Waals surface area contributed by atoms with Gasteiger partial charge in [-0.3, -0.25) is 0 Å². The van der Waals surface area contributed by atoms with Gasteiger partial charge in [0.1, 0.15) is 0 Å². The van der Waals surface area contributed by atoms with Gasteiger partial charge >= 0.3 is 0 Å². The monoisotopic (exact) mass is 336 g/mol. The van der Waals surface area contributed by atoms with E-state index in [-0.39, 0.29) is 5.41 Å². The second kappa shape index (κ2) is 6.14. The molecule has 2 fully saturated rings. The summed E-state index contributed by atoms with van der Waals surface area (Å²) < 4.78 is 1.86. The number of hydrogen-bond donors (Lipinski definition) is 0. The van der Waals surface area contributed by atoms with Crippen molar-refractivity contribution in [2.75, 3.05) is 18.0 Å². The number of aromatic nitrogens is 4. The Balaban J connectivity index is 1.53. The third-order valence-electron chi connectivity index (χ3n) is 5.90. The molecule has 130 valence electrons. The summed E-state index contributed by atoms with van der Waals surface area (Å²) >= 11 is 0. The van der Waals surface area contributed by atoms with E-state index >= 15 is 0 Å². The number of rotatable bonds is 3. The van der Waals surface area contributed by atoms with Gasteiger partial charge in [-0.05, 0) is 51.5 Å². The molecule has 0 atom stereocenters. The van der Waals surface area contributed by atoms with E-state index in [1.165, 1.54) is 19.3 Å². The van der Waals surface area contributed by atoms with E-state index < -0.39 is 0 Å². The first-order chi connectivity index (χ1) is 12.1. The molecule has 1 saturated heterocycles. The molecule has 1 aliphatic carbocycles. The smallest absolute Gasteiger partial charge is 0.227 e. The standard InChI is InChI=1S/C19H24N6/c1-14-12-15(2)25(23-14)17-6-9-21-18(22-17)24-10-7-19(13-20,8-11-24)16-4-3-5-16/h6,9,12,16H,3-5,7-8,10-11H2,1-2H3. The quantitative estimate of drug-likeness (QED) is 0.861. The third-order valence-corrected chi connectivity index (χ3v) is 5.90. The molecule has 0 N–H and O–H groups in total. The number of piperidine rings is 1. The van der Waals surface area contributed by atoms with Gasteiger partial charge < -0.3 is 4.90 Å². The van der Waals surface area contributed by atoms with E-state index in [1.807, 2.05) is 30.7 Å². The fraction of sp³-hybridized carbons (Fsp3) is 0.579. The second-order valence-electron chi connectivity index (χ2n) is 7.44. The molecule has 4 rings (SSSR count). The first-order valence-electron chi connectivity index (χ1n) is 9.14. The summed E-state index contributed by atoms with van der Waals surface area (Å²) in [7, 11) is 0. The van der Waals surface area contributed by atoms with Gasteiger partial charge in [-0.25, -0.2) is 9.67 Å². The van der Waals surface area contributed by atoms with Crippen LogP contribution in [0.3, 0.4) is 0 Å². The first kappa shape index (κ1) is 16.1. The van der Waals surface area contributed by atoms with Crippen molar-refractivity contribution in [2.45, 2.75) is 46.0 Å². The van der Waals surface area contributed by atoms with Crippen LogP contribution in [-0.2, 0) is 0 Å². The van der Waals surface area contributed by atoms with Crippen LogP contribution in [-0.4, -0.2) is 32.8 Å². The van der Waals surface area contributed by atoms with Gasteiger partial charge in [0, 0.05) is 31.0 Å². The lowest BCUT2D eigenvalue weighted by Crippen LogP contribution is -2.45. The van der Waals surface area contributed by atoms with Gasteiger partial charge in [-0.1, -0.05) is 6.42 Å². The van der Waals surface area contributed by atoms with E-state index in [2.05, 4.69) is 21.1 Å². The molecule has 0 aromatic carbocycles. The van der Waals surface area contributed by atoms with E-state index in [0.717, 1.165) is 49.1 Å². The highest BCUT2D eigenvalue weighted by atomic mass is 15.3. The molecule has 0 radical (unpaired) electrons. The number of anilines is 1. The molecule has 2 aliphatic rings. The molecule has 1 aliphatic heterocycles. The average Bonchev–Trinajstić information content (AvgIpc) is 2.92. The molecule has 3 heterocycles. The predicted octanol–water partition coefficient (Wildman–Crippen LogP) is 3.19. The van der Waals surface area contributed by atoms with Crippen LogP contribution in [0.15, 0.2) is 18.3 Å². The van der Waals surface area contributed by atoms with Crippen LogP contribution in [0.2, 0.25) is 0 Å². The lowest BCUT2D eigenvalue weighted by molar-refractivity contribution is 0.110. The lowest BCUT2D eigenvalue weighted by atomic mass is 9.62. The van der Waals surface area contributed by atoms with Crippen molar-refractivity contribution in [2.24, 2.45) is 11.3 Å². The fourth-order valence-corrected chi connectivity index (χ4v) is 4.15. The molecule has 6 nitrogen and oxygen atoms in total. The van der Waals surface area contributed by atoms with Crippen molar-refractivity contribution in [3.8, 4) is 11.9 Å². The Morgan fingerprint density at radius 2 is 2.00 bits per heavy atom. The highest BCUT2D eigenvalue weighted by Crippen LogP contribution is 2.48. The molecule has 2 aromatic rings. The SMILES string of the molecule is Cc1cc(C)n(-c2ccnc(N3CCC(C#N)(C4CCC4)CC3)n2)n1. The van der Waals surface area contributed by atoms with Crippen molar-refractivity contribution >= 4 is 5.95 Å². The highest BCUT2D eigenvalue weighted by Gasteiger charge is 2.44. The minimum Gasteiger partial charge on any atom is -0.341 e. The summed E-state index contributed by atoms with van der Waals surface area (Å²) in [5, 5.41) is 14.3. The maximum atomic E-state index is 9.75. The average molecular weight is 336 g/mol. The number of nitrogens with zero attached hydrogens (tertiary/aromatic N) is 6. The van der Waals surface area contributed by atoms with Crippen LogP contribution >= 0.6 is 0 Å². The zero-order valence-corrected chi connectivity index (χ0v) is 14.9. The van der Waals surface area contributed by atoms with Crippen molar-refractivity contribution in [3.05, 3.63) is 29.7 Å². The molecular weight excluding hydrogens is 312 g/mol. The van der Waals surface area contributed by atoms with Crippen LogP contribution < -0.4 is 4.90 Å². The Hall–Kier alpha value is -2.42. The summed E-state index contributed by atoms with van der Waals surface area (Å²) in [5.41, 5.74) is 1.92. The van der Waals surface area contributed by atoms with Crippen molar-refractivity contribution < 1.29 is 0 Å². The fourth-order valence-electron chi connectivity index (χ4n) is 4.15. The topological polar surface area (TPSA) is 70.6 Å². The Kier molecular flexibility index (Phi) is 3.95. The molecule has 0 amide bonds. The summed E-state index contributed by atoms with van der Waals surface area (Å²) in [5.74, 6) is 2.14. The zero-order chi connectivity index (χ0) is 17.4. The Bertz CT molecular complexity index is 806. The van der Waals surface area contributed by atoms with Gasteiger partial charge in [0.05, 0.1) is 17.2 Å². The minimum atomic E-state index is -0.123. The summed E-state index contributed by atoms with van der Waals surface area (Å²) in [6.07, 6.45) is 7.36. The van der Waals surface area contributed by atoms with Crippen molar-refractivity contribution in [3.63, 3.8) is 0 Å². The van der Waals surface area contributed by atoms with Crippen LogP contribution in [0.1, 0.15) is 43.5 Å². The van der Waals surface area contributed by atoms with E-state index in [1.54, 1.807) is 6.20 Å². The molecule has 0 spiro atoms. The second-order valence-corrected chi connectivity index (χ2v) is 7.44. The Morgan fingerprint density at radius 1 is 1.24 bits per heavy atom. The van der Waals surface area contributed by atoms with Gasteiger partial charge in [-0.2, -0.15) is 15.3 Å². The molecule has 0 bridgehead atoms. The van der Waals surface area contributed by atoms with Crippen molar-refractivity contribution in [1.82, 2.24) is 19.7 Å². The molecule has 6 heteroatoms. The minimum absolute atomic E-state index is 0.123. The predicted molar refractivity (Wildman–Crippen MR) is 95.5 cm³/mol. The molecule has 25 heavy (non-hydrogen) atoms. The van der Waals surface area contributed by atoms with E-state index in [4.69, 9.17) is 4.98 Å². The van der Waals surface area contributed by atoms with Gasteiger partial charge in [0.2, 0.25) is 5.95 Å². The number of aryl methyl sites for hydroxylation is 2. The normalized spacial score (nSPS) is 20.1. The molecule has 2 aromatic heterocycles. The molecular formula is C19H24N6. The van der Waals surface area contributed by atoms with Crippen molar-refractivity contribution in [1.29, 1.82) is 5.26 Å². The Morgan fingerprint density at radius 3 is 2.56 bits per heavy atom. The van der Waals surface area contributed by atoms with Crippen LogP contribution in [0.25, 0.3) is 5.82 Å². The zero-order valence-electron chi connectivity index (χ0n) is 14.9. The molecule has 0 unspecified atom stereocenters. The third kappa shape index (κ3) is 2.78. The van der Waals surface area contributed by atoms with Crippen LogP contribution in [0.4, 0.5) is 5.95 Å². The van der Waals surface area contributed by atoms with Gasteiger partial charge in [0.25, 0.3) is 0 Å². The Labute approximate surface area is 148 Å². The summed E-state index contributed by atoms with van der Waals surface area (Å²) in [6.45, 7) is 5.72. The number of nitriles is 1. The largest absolute Gasteiger partial charge is 0.341 e. The maximum absolute atomic E-state index is 9.75. The first-order valence-corrected chi connectivity index (χ1v) is 9.14. The summed E-state index contributed by atoms with van der Waals surface area (Å²) in [4.78, 5) is 11.4. The van der Waals surface area contributed by atoms with E-state index in [9.17, 15) is 5.26 Å². The molecule has 1 saturated carbocycles. The van der Waals surface area contributed by atoms with E-state index in [0.29, 0.717) is 5.92 Å².